The van der Waals surface area contributed by atoms with Gasteiger partial charge in [0.2, 0.25) is 0 Å². The second-order valence-electron chi connectivity index (χ2n) is 3.73. The van der Waals surface area contributed by atoms with Crippen LogP contribution < -0.4 is 15.2 Å². The van der Waals surface area contributed by atoms with Crippen LogP contribution in [0.25, 0.3) is 0 Å². The fourth-order valence-corrected chi connectivity index (χ4v) is 3.05. The summed E-state index contributed by atoms with van der Waals surface area (Å²) in [6, 6.07) is 5.47. The summed E-state index contributed by atoms with van der Waals surface area (Å²) in [7, 11) is 3.27. The zero-order valence-electron chi connectivity index (χ0n) is 10.7. The van der Waals surface area contributed by atoms with Gasteiger partial charge in [-0.1, -0.05) is 11.8 Å². The number of hydrogen-bond acceptors (Lipinski definition) is 7. The second-order valence-corrected chi connectivity index (χ2v) is 5.78. The molecule has 0 amide bonds. The smallest absolute Gasteiger partial charge is 0.169 e. The van der Waals surface area contributed by atoms with Gasteiger partial charge in [-0.3, -0.25) is 0 Å². The van der Waals surface area contributed by atoms with Gasteiger partial charge in [0.15, 0.2) is 4.34 Å². The van der Waals surface area contributed by atoms with E-state index in [9.17, 15) is 0 Å². The molecular formula is C12H15N3O2S2. The molecule has 1 heterocycles. The van der Waals surface area contributed by atoms with Gasteiger partial charge < -0.3 is 15.2 Å². The molecule has 2 N–H and O–H groups in total. The van der Waals surface area contributed by atoms with E-state index >= 15 is 0 Å². The van der Waals surface area contributed by atoms with Crippen LogP contribution in [0.4, 0.5) is 0 Å². The van der Waals surface area contributed by atoms with Gasteiger partial charge in [-0.15, -0.1) is 0 Å². The molecule has 1 unspecified atom stereocenters. The Morgan fingerprint density at radius 1 is 1.37 bits per heavy atom. The second kappa shape index (κ2) is 6.74. The predicted octanol–water partition coefficient (Wildman–Crippen LogP) is 2.35. The number of methoxy groups -OCH3 is 2. The standard InChI is InChI=1S/C12H15N3O2S2/c1-16-8-3-4-11(17-2)9(5-8)10(13)6-18-12-14-7-15-19-12/h3-5,7,10H,6,13H2,1-2H3. The maximum absolute atomic E-state index is 6.21. The summed E-state index contributed by atoms with van der Waals surface area (Å²) in [5.41, 5.74) is 7.14. The van der Waals surface area contributed by atoms with Crippen LogP contribution >= 0.6 is 23.3 Å². The molecule has 5 nitrogen and oxygen atoms in total. The fraction of sp³-hybridized carbons (Fsp3) is 0.333. The van der Waals surface area contributed by atoms with E-state index in [2.05, 4.69) is 9.36 Å². The molecular weight excluding hydrogens is 282 g/mol. The Balaban J connectivity index is 2.10. The molecule has 0 aliphatic rings. The molecule has 0 bridgehead atoms. The van der Waals surface area contributed by atoms with Crippen molar-refractivity contribution >= 4 is 23.3 Å². The Hall–Kier alpha value is -1.31. The first-order valence-corrected chi connectivity index (χ1v) is 7.37. The number of nitrogens with two attached hydrogens (primary N) is 1. The normalized spacial score (nSPS) is 12.2. The summed E-state index contributed by atoms with van der Waals surface area (Å²) in [5.74, 6) is 2.25. The minimum Gasteiger partial charge on any atom is -0.497 e. The minimum atomic E-state index is -0.154. The molecule has 1 aromatic carbocycles. The highest BCUT2D eigenvalue weighted by Crippen LogP contribution is 2.31. The first kappa shape index (κ1) is 14.1. The van der Waals surface area contributed by atoms with Crippen molar-refractivity contribution in [1.82, 2.24) is 9.36 Å². The average molecular weight is 297 g/mol. The van der Waals surface area contributed by atoms with Crippen molar-refractivity contribution in [2.45, 2.75) is 10.4 Å². The Kier molecular flexibility index (Phi) is 5.00. The van der Waals surface area contributed by atoms with Crippen molar-refractivity contribution in [2.24, 2.45) is 5.73 Å². The van der Waals surface area contributed by atoms with Gasteiger partial charge in [-0.2, -0.15) is 4.37 Å². The highest BCUT2D eigenvalue weighted by molar-refractivity contribution is 8.00. The zero-order valence-corrected chi connectivity index (χ0v) is 12.3. The van der Waals surface area contributed by atoms with E-state index in [1.807, 2.05) is 18.2 Å². The van der Waals surface area contributed by atoms with Crippen LogP contribution in [0.2, 0.25) is 0 Å². The first-order chi connectivity index (χ1) is 9.24. The van der Waals surface area contributed by atoms with Crippen molar-refractivity contribution < 1.29 is 9.47 Å². The number of aromatic nitrogens is 2. The van der Waals surface area contributed by atoms with Gasteiger partial charge in [0.25, 0.3) is 0 Å². The van der Waals surface area contributed by atoms with Crippen LogP contribution in [0.3, 0.4) is 0 Å². The Morgan fingerprint density at radius 3 is 2.84 bits per heavy atom. The number of ether oxygens (including phenoxy) is 2. The molecule has 0 aliphatic carbocycles. The van der Waals surface area contributed by atoms with Crippen molar-refractivity contribution in [3.05, 3.63) is 30.1 Å². The van der Waals surface area contributed by atoms with Gasteiger partial charge in [-0.25, -0.2) is 4.98 Å². The van der Waals surface area contributed by atoms with Crippen molar-refractivity contribution in [3.8, 4) is 11.5 Å². The van der Waals surface area contributed by atoms with Gasteiger partial charge in [0.05, 0.1) is 14.2 Å². The highest BCUT2D eigenvalue weighted by Gasteiger charge is 2.14. The average Bonchev–Trinajstić information content (AvgIpc) is 2.97. The summed E-state index contributed by atoms with van der Waals surface area (Å²) >= 11 is 2.95. The van der Waals surface area contributed by atoms with Gasteiger partial charge >= 0.3 is 0 Å². The highest BCUT2D eigenvalue weighted by atomic mass is 32.2. The van der Waals surface area contributed by atoms with Crippen LogP contribution in [0.1, 0.15) is 11.6 Å². The van der Waals surface area contributed by atoms with E-state index in [1.165, 1.54) is 11.5 Å². The SMILES string of the molecule is COc1ccc(OC)c(C(N)CSc2ncns2)c1. The largest absolute Gasteiger partial charge is 0.497 e. The summed E-state index contributed by atoms with van der Waals surface area (Å²) in [5, 5.41) is 0. The topological polar surface area (TPSA) is 70.3 Å². The van der Waals surface area contributed by atoms with Gasteiger partial charge in [0, 0.05) is 17.4 Å². The molecule has 19 heavy (non-hydrogen) atoms. The lowest BCUT2D eigenvalue weighted by atomic mass is 10.1. The fourth-order valence-electron chi connectivity index (χ4n) is 1.61. The zero-order chi connectivity index (χ0) is 13.7. The molecule has 0 saturated carbocycles. The van der Waals surface area contributed by atoms with E-state index in [0.29, 0.717) is 5.75 Å². The Bertz CT molecular complexity index is 520. The third-order valence-corrected chi connectivity index (χ3v) is 4.48. The quantitative estimate of drug-likeness (QED) is 0.825. The van der Waals surface area contributed by atoms with Crippen molar-refractivity contribution in [3.63, 3.8) is 0 Å². The van der Waals surface area contributed by atoms with E-state index in [4.69, 9.17) is 15.2 Å². The van der Waals surface area contributed by atoms with Crippen molar-refractivity contribution in [2.75, 3.05) is 20.0 Å². The molecule has 0 spiro atoms. The lowest BCUT2D eigenvalue weighted by Gasteiger charge is -2.16. The molecule has 2 rings (SSSR count). The first-order valence-electron chi connectivity index (χ1n) is 5.61. The van der Waals surface area contributed by atoms with Crippen LogP contribution in [0.5, 0.6) is 11.5 Å². The van der Waals surface area contributed by atoms with Gasteiger partial charge in [0.1, 0.15) is 17.8 Å². The number of benzene rings is 1. The molecule has 7 heteroatoms. The van der Waals surface area contributed by atoms with E-state index in [0.717, 1.165) is 21.4 Å². The number of nitrogens with zero attached hydrogens (tertiary/aromatic N) is 2. The monoisotopic (exact) mass is 297 g/mol. The van der Waals surface area contributed by atoms with Crippen molar-refractivity contribution in [1.29, 1.82) is 0 Å². The molecule has 1 aromatic heterocycles. The Morgan fingerprint density at radius 2 is 2.21 bits per heavy atom. The molecule has 1 atom stereocenters. The lowest BCUT2D eigenvalue weighted by Crippen LogP contribution is -2.14. The molecule has 0 radical (unpaired) electrons. The predicted molar refractivity (Wildman–Crippen MR) is 77.1 cm³/mol. The summed E-state index contributed by atoms with van der Waals surface area (Å²) in [6.45, 7) is 0. The molecule has 2 aromatic rings. The Labute approximate surface area is 120 Å². The third-order valence-electron chi connectivity index (χ3n) is 2.56. The number of thioether (sulfide) groups is 1. The molecule has 0 saturated heterocycles. The van der Waals surface area contributed by atoms with E-state index in [-0.39, 0.29) is 6.04 Å². The van der Waals surface area contributed by atoms with Crippen LogP contribution in [-0.4, -0.2) is 29.3 Å². The third kappa shape index (κ3) is 3.59. The minimum absolute atomic E-state index is 0.154. The van der Waals surface area contributed by atoms with E-state index in [1.54, 1.807) is 32.3 Å². The van der Waals surface area contributed by atoms with Gasteiger partial charge in [-0.05, 0) is 29.7 Å². The van der Waals surface area contributed by atoms with E-state index < -0.39 is 0 Å². The summed E-state index contributed by atoms with van der Waals surface area (Å²) in [6.07, 6.45) is 1.55. The molecule has 102 valence electrons. The molecule has 0 fully saturated rings. The maximum atomic E-state index is 6.21. The summed E-state index contributed by atoms with van der Waals surface area (Å²) in [4.78, 5) is 4.12. The number of hydrogen-bond donors (Lipinski definition) is 1. The lowest BCUT2D eigenvalue weighted by molar-refractivity contribution is 0.396. The van der Waals surface area contributed by atoms with Crippen LogP contribution in [-0.2, 0) is 0 Å². The van der Waals surface area contributed by atoms with Crippen LogP contribution in [0, 0.1) is 0 Å². The molecule has 0 aliphatic heterocycles. The maximum Gasteiger partial charge on any atom is 0.169 e. The summed E-state index contributed by atoms with van der Waals surface area (Å²) < 4.78 is 15.4. The van der Waals surface area contributed by atoms with Crippen LogP contribution in [0.15, 0.2) is 28.9 Å². The number of rotatable bonds is 6.